The van der Waals surface area contributed by atoms with Crippen molar-refractivity contribution < 1.29 is 9.34 Å². The van der Waals surface area contributed by atoms with E-state index in [9.17, 15) is 10.1 Å². The first-order valence-electron chi connectivity index (χ1n) is 7.73. The van der Waals surface area contributed by atoms with Crippen molar-refractivity contribution in [2.75, 3.05) is 6.54 Å². The van der Waals surface area contributed by atoms with Crippen LogP contribution in [-0.2, 0) is 0 Å². The summed E-state index contributed by atoms with van der Waals surface area (Å²) < 4.78 is 7.07. The van der Waals surface area contributed by atoms with Crippen LogP contribution in [0.25, 0.3) is 11.5 Å². The van der Waals surface area contributed by atoms with Gasteiger partial charge in [-0.1, -0.05) is 24.3 Å². The van der Waals surface area contributed by atoms with Crippen LogP contribution in [0.4, 0.5) is 5.69 Å². The van der Waals surface area contributed by atoms with Gasteiger partial charge in [-0.05, 0) is 25.1 Å². The highest BCUT2D eigenvalue weighted by Gasteiger charge is 2.12. The summed E-state index contributed by atoms with van der Waals surface area (Å²) in [4.78, 5) is 15.9. The van der Waals surface area contributed by atoms with Gasteiger partial charge >= 0.3 is 0 Å². The van der Waals surface area contributed by atoms with Crippen molar-refractivity contribution in [3.05, 3.63) is 80.7 Å². The predicted octanol–water partition coefficient (Wildman–Crippen LogP) is 4.08. The molecule has 3 aromatic rings. The number of aromatic nitrogens is 1. The van der Waals surface area contributed by atoms with Crippen LogP contribution in [-0.4, -0.2) is 22.4 Å². The number of benzene rings is 1. The molecule has 0 N–H and O–H groups in total. The normalized spacial score (nSPS) is 12.0. The molecule has 7 nitrogen and oxygen atoms in total. The monoisotopic (exact) mass is 368 g/mol. The van der Waals surface area contributed by atoms with Crippen molar-refractivity contribution in [1.82, 2.24) is 4.68 Å². The van der Waals surface area contributed by atoms with E-state index in [1.165, 1.54) is 23.6 Å². The van der Waals surface area contributed by atoms with Crippen molar-refractivity contribution in [1.29, 1.82) is 0 Å². The van der Waals surface area contributed by atoms with Crippen molar-refractivity contribution >= 4 is 23.2 Å². The van der Waals surface area contributed by atoms with E-state index >= 15 is 0 Å². The van der Waals surface area contributed by atoms with Gasteiger partial charge in [-0.25, -0.2) is 4.68 Å². The molecule has 0 radical (unpaired) electrons. The maximum Gasteiger partial charge on any atom is 0.278 e. The second kappa shape index (κ2) is 7.75. The Balaban J connectivity index is 2.08. The number of hydrogen-bond acceptors (Lipinski definition) is 6. The number of para-hydroxylation sites is 1. The van der Waals surface area contributed by atoms with Gasteiger partial charge < -0.3 is 4.42 Å². The quantitative estimate of drug-likeness (QED) is 0.284. The maximum absolute atomic E-state index is 11.2. The molecule has 0 bridgehead atoms. The first-order chi connectivity index (χ1) is 12.6. The lowest BCUT2D eigenvalue weighted by atomic mass is 10.2. The highest BCUT2D eigenvalue weighted by molar-refractivity contribution is 7.07. The Hall–Kier alpha value is -3.26. The van der Waals surface area contributed by atoms with E-state index in [0.717, 1.165) is 11.3 Å². The zero-order valence-corrected chi connectivity index (χ0v) is 14.8. The van der Waals surface area contributed by atoms with Crippen LogP contribution in [0.15, 0.2) is 74.7 Å². The summed E-state index contributed by atoms with van der Waals surface area (Å²) in [6, 6.07) is 10.0. The number of furan rings is 1. The largest absolute Gasteiger partial charge is 0.463 e. The summed E-state index contributed by atoms with van der Waals surface area (Å²) in [7, 11) is 0. The van der Waals surface area contributed by atoms with E-state index in [1.54, 1.807) is 35.2 Å². The molecule has 8 heteroatoms. The van der Waals surface area contributed by atoms with Crippen molar-refractivity contribution in [2.45, 2.75) is 6.92 Å². The van der Waals surface area contributed by atoms with E-state index in [-0.39, 0.29) is 5.69 Å². The van der Waals surface area contributed by atoms with Gasteiger partial charge in [0.25, 0.3) is 5.69 Å². The van der Waals surface area contributed by atoms with E-state index in [4.69, 9.17) is 4.42 Å². The smallest absolute Gasteiger partial charge is 0.278 e. The first-order valence-corrected chi connectivity index (χ1v) is 8.61. The summed E-state index contributed by atoms with van der Waals surface area (Å²) in [6.45, 7) is 6.22. The summed E-state index contributed by atoms with van der Waals surface area (Å²) in [5.74, 6) is 0.637. The average Bonchev–Trinajstić information content (AvgIpc) is 3.27. The lowest BCUT2D eigenvalue weighted by Gasteiger charge is -2.01. The molecule has 0 aliphatic heterocycles. The number of nitro benzene ring substituents is 1. The van der Waals surface area contributed by atoms with E-state index in [1.807, 2.05) is 18.4 Å². The number of nitrogens with zero attached hydrogens (tertiary/aromatic N) is 4. The zero-order valence-electron chi connectivity index (χ0n) is 14.0. The molecular formula is C18H16N4O3S. The van der Waals surface area contributed by atoms with Crippen LogP contribution in [0, 0.1) is 10.1 Å². The zero-order chi connectivity index (χ0) is 18.5. The van der Waals surface area contributed by atoms with Crippen LogP contribution < -0.4 is 4.80 Å². The Kier molecular flexibility index (Phi) is 5.23. The average molecular weight is 368 g/mol. The fourth-order valence-electron chi connectivity index (χ4n) is 2.20. The fraction of sp³-hybridized carbons (Fsp3) is 0.111. The minimum Gasteiger partial charge on any atom is -0.463 e. The second-order valence-electron chi connectivity index (χ2n) is 5.53. The fourth-order valence-corrected chi connectivity index (χ4v) is 3.02. The second-order valence-corrected chi connectivity index (χ2v) is 6.36. The van der Waals surface area contributed by atoms with E-state index < -0.39 is 4.92 Å². The first kappa shape index (κ1) is 17.6. The summed E-state index contributed by atoms with van der Waals surface area (Å²) >= 11 is 1.41. The van der Waals surface area contributed by atoms with Gasteiger partial charge in [-0.3, -0.25) is 15.1 Å². The topological polar surface area (TPSA) is 85.9 Å². The molecule has 0 saturated carbocycles. The van der Waals surface area contributed by atoms with Crippen molar-refractivity contribution in [3.8, 4) is 11.5 Å². The van der Waals surface area contributed by atoms with Crippen LogP contribution in [0.2, 0.25) is 0 Å². The molecule has 132 valence electrons. The van der Waals surface area contributed by atoms with Crippen LogP contribution in [0.5, 0.6) is 0 Å². The van der Waals surface area contributed by atoms with Gasteiger partial charge in [0, 0.05) is 11.4 Å². The van der Waals surface area contributed by atoms with Gasteiger partial charge in [-0.15, -0.1) is 11.3 Å². The lowest BCUT2D eigenvalue weighted by Crippen LogP contribution is -2.13. The van der Waals surface area contributed by atoms with Crippen molar-refractivity contribution in [2.24, 2.45) is 10.1 Å². The Morgan fingerprint density at radius 3 is 2.88 bits per heavy atom. The SMILES string of the molecule is C=C(C)CN=c1scc(-c2ccco2)n1N=Cc1ccccc1[N+](=O)[O-]. The lowest BCUT2D eigenvalue weighted by molar-refractivity contribution is -0.385. The molecule has 2 aromatic heterocycles. The minimum atomic E-state index is -0.431. The number of hydrogen-bond donors (Lipinski definition) is 0. The minimum absolute atomic E-state index is 0.00736. The third-order valence-electron chi connectivity index (χ3n) is 3.39. The van der Waals surface area contributed by atoms with Gasteiger partial charge in [-0.2, -0.15) is 5.10 Å². The molecule has 1 aromatic carbocycles. The van der Waals surface area contributed by atoms with Gasteiger partial charge in [0.2, 0.25) is 4.80 Å². The molecular weight excluding hydrogens is 352 g/mol. The van der Waals surface area contributed by atoms with Gasteiger partial charge in [0.05, 0.1) is 29.5 Å². The van der Waals surface area contributed by atoms with E-state index in [2.05, 4.69) is 16.7 Å². The highest BCUT2D eigenvalue weighted by atomic mass is 32.1. The molecule has 0 aliphatic carbocycles. The van der Waals surface area contributed by atoms with Crippen LogP contribution in [0.3, 0.4) is 0 Å². The van der Waals surface area contributed by atoms with Crippen molar-refractivity contribution in [3.63, 3.8) is 0 Å². The van der Waals surface area contributed by atoms with E-state index in [0.29, 0.717) is 22.7 Å². The third kappa shape index (κ3) is 3.86. The molecule has 0 spiro atoms. The molecule has 0 saturated heterocycles. The van der Waals surface area contributed by atoms with Gasteiger partial charge in [0.1, 0.15) is 5.69 Å². The Labute approximate surface area is 153 Å². The molecule has 3 rings (SSSR count). The standard InChI is InChI=1S/C18H16N4O3S/c1-13(2)10-19-18-21(16(12-26-18)17-8-5-9-25-17)20-11-14-6-3-4-7-15(14)22(23)24/h3-9,11-12H,1,10H2,2H3. The Morgan fingerprint density at radius 1 is 1.38 bits per heavy atom. The summed E-state index contributed by atoms with van der Waals surface area (Å²) in [6.07, 6.45) is 3.03. The van der Waals surface area contributed by atoms with Gasteiger partial charge in [0.15, 0.2) is 5.76 Å². The maximum atomic E-state index is 11.2. The Bertz CT molecular complexity index is 1030. The predicted molar refractivity (Wildman–Crippen MR) is 101 cm³/mol. The summed E-state index contributed by atoms with van der Waals surface area (Å²) in [5.41, 5.74) is 2.04. The van der Waals surface area contributed by atoms with Crippen LogP contribution in [0.1, 0.15) is 12.5 Å². The molecule has 2 heterocycles. The molecule has 0 fully saturated rings. The molecule has 0 atom stereocenters. The summed E-state index contributed by atoms with van der Waals surface area (Å²) in [5, 5.41) is 17.5. The molecule has 0 aliphatic rings. The van der Waals surface area contributed by atoms with Crippen LogP contribution >= 0.6 is 11.3 Å². The molecule has 26 heavy (non-hydrogen) atoms. The Morgan fingerprint density at radius 2 is 2.19 bits per heavy atom. The number of rotatable bonds is 6. The highest BCUT2D eigenvalue weighted by Crippen LogP contribution is 2.21. The molecule has 0 amide bonds. The number of thiazole rings is 1. The number of nitro groups is 1. The molecule has 0 unspecified atom stereocenters. The third-order valence-corrected chi connectivity index (χ3v) is 4.24.